The van der Waals surface area contributed by atoms with Gasteiger partial charge in [0.25, 0.3) is 0 Å². The van der Waals surface area contributed by atoms with Gasteiger partial charge in [-0.15, -0.1) is 0 Å². The molecule has 0 bridgehead atoms. The van der Waals surface area contributed by atoms with Crippen molar-refractivity contribution in [1.82, 2.24) is 0 Å². The van der Waals surface area contributed by atoms with Crippen molar-refractivity contribution in [3.63, 3.8) is 0 Å². The van der Waals surface area contributed by atoms with Crippen LogP contribution in [0, 0.1) is 0 Å². The Morgan fingerprint density at radius 3 is 2.35 bits per heavy atom. The quantitative estimate of drug-likeness (QED) is 0.785. The van der Waals surface area contributed by atoms with E-state index in [0.717, 1.165) is 0 Å². The molecule has 6 nitrogen and oxygen atoms in total. The maximum Gasteiger partial charge on any atom is 0.344 e. The van der Waals surface area contributed by atoms with Gasteiger partial charge in [-0.1, -0.05) is 0 Å². The van der Waals surface area contributed by atoms with Gasteiger partial charge in [-0.25, -0.2) is 4.79 Å². The zero-order valence-electron chi connectivity index (χ0n) is 9.47. The first-order valence-electron chi connectivity index (χ1n) is 4.82. The van der Waals surface area contributed by atoms with Gasteiger partial charge in [-0.3, -0.25) is 4.79 Å². The van der Waals surface area contributed by atoms with E-state index in [-0.39, 0.29) is 11.3 Å². The van der Waals surface area contributed by atoms with Crippen LogP contribution in [0.15, 0.2) is 18.2 Å². The van der Waals surface area contributed by atoms with Crippen LogP contribution in [0.25, 0.3) is 0 Å². The maximum absolute atomic E-state index is 11.0. The lowest BCUT2D eigenvalue weighted by Gasteiger charge is -2.12. The Hall–Kier alpha value is -2.24. The van der Waals surface area contributed by atoms with Crippen LogP contribution in [-0.4, -0.2) is 30.2 Å². The van der Waals surface area contributed by atoms with Gasteiger partial charge >= 0.3 is 5.97 Å². The third-order valence-corrected chi connectivity index (χ3v) is 2.06. The summed E-state index contributed by atoms with van der Waals surface area (Å²) in [5.74, 6) is -1.16. The van der Waals surface area contributed by atoms with Crippen LogP contribution in [0.3, 0.4) is 0 Å². The second-order valence-electron chi connectivity index (χ2n) is 3.36. The van der Waals surface area contributed by atoms with Crippen LogP contribution in [-0.2, 0) is 4.79 Å². The fourth-order valence-corrected chi connectivity index (χ4v) is 1.15. The first-order valence-corrected chi connectivity index (χ1v) is 4.82. The molecule has 0 aliphatic heterocycles. The zero-order chi connectivity index (χ0) is 13.0. The van der Waals surface area contributed by atoms with E-state index in [1.807, 2.05) is 0 Å². The minimum atomic E-state index is -1.10. The highest BCUT2D eigenvalue weighted by Gasteiger charge is 2.14. The number of ether oxygens (including phenoxy) is 2. The van der Waals surface area contributed by atoms with Gasteiger partial charge in [-0.05, 0) is 19.1 Å². The Morgan fingerprint density at radius 2 is 1.88 bits per heavy atom. The van der Waals surface area contributed by atoms with Crippen molar-refractivity contribution in [3.8, 4) is 11.5 Å². The van der Waals surface area contributed by atoms with Crippen molar-refractivity contribution in [2.75, 3.05) is 7.11 Å². The average Bonchev–Trinajstić information content (AvgIpc) is 2.28. The maximum atomic E-state index is 11.0. The van der Waals surface area contributed by atoms with Gasteiger partial charge in [0.2, 0.25) is 5.91 Å². The van der Waals surface area contributed by atoms with E-state index in [4.69, 9.17) is 20.3 Å². The van der Waals surface area contributed by atoms with Gasteiger partial charge in [-0.2, -0.15) is 0 Å². The van der Waals surface area contributed by atoms with Crippen molar-refractivity contribution in [3.05, 3.63) is 23.8 Å². The van der Waals surface area contributed by atoms with Crippen molar-refractivity contribution in [2.24, 2.45) is 5.73 Å². The number of nitrogens with two attached hydrogens (primary N) is 1. The van der Waals surface area contributed by atoms with Gasteiger partial charge in [0.05, 0.1) is 7.11 Å². The molecule has 1 rings (SSSR count). The van der Waals surface area contributed by atoms with Gasteiger partial charge in [0.1, 0.15) is 11.5 Å². The lowest BCUT2D eigenvalue weighted by molar-refractivity contribution is -0.144. The second kappa shape index (κ2) is 5.20. The molecule has 0 unspecified atom stereocenters. The van der Waals surface area contributed by atoms with Gasteiger partial charge < -0.3 is 20.3 Å². The molecule has 0 saturated heterocycles. The Labute approximate surface area is 97.9 Å². The van der Waals surface area contributed by atoms with Crippen LogP contribution < -0.4 is 15.2 Å². The molecule has 0 saturated carbocycles. The first-order chi connectivity index (χ1) is 7.93. The Morgan fingerprint density at radius 1 is 1.29 bits per heavy atom. The minimum absolute atomic E-state index is 0.192. The van der Waals surface area contributed by atoms with E-state index in [1.54, 1.807) is 0 Å². The molecule has 0 aliphatic carbocycles. The number of carbonyl (C=O) groups excluding carboxylic acids is 1. The number of carboxylic acid groups (broad SMARTS) is 1. The number of benzene rings is 1. The molecule has 0 radical (unpaired) electrons. The summed E-state index contributed by atoms with van der Waals surface area (Å²) in [5.41, 5.74) is 5.32. The lowest BCUT2D eigenvalue weighted by Crippen LogP contribution is -2.23. The molecule has 6 heteroatoms. The molecule has 0 spiro atoms. The summed E-state index contributed by atoms with van der Waals surface area (Å²) in [7, 11) is 1.42. The Kier molecular flexibility index (Phi) is 3.92. The molecule has 3 N–H and O–H groups in total. The van der Waals surface area contributed by atoms with Crippen molar-refractivity contribution in [1.29, 1.82) is 0 Å². The minimum Gasteiger partial charge on any atom is -0.497 e. The zero-order valence-corrected chi connectivity index (χ0v) is 9.47. The third-order valence-electron chi connectivity index (χ3n) is 2.06. The summed E-state index contributed by atoms with van der Waals surface area (Å²) in [6, 6.07) is 4.29. The number of rotatable bonds is 5. The predicted molar refractivity (Wildman–Crippen MR) is 59.2 cm³/mol. The third kappa shape index (κ3) is 3.37. The van der Waals surface area contributed by atoms with Crippen LogP contribution in [0.5, 0.6) is 11.5 Å². The largest absolute Gasteiger partial charge is 0.497 e. The van der Waals surface area contributed by atoms with Crippen molar-refractivity contribution >= 4 is 11.9 Å². The molecule has 0 heterocycles. The topological polar surface area (TPSA) is 98.8 Å². The number of amides is 1. The molecular weight excluding hydrogens is 226 g/mol. The summed E-state index contributed by atoms with van der Waals surface area (Å²) in [6.07, 6.45) is -1.03. The number of methoxy groups -OCH3 is 1. The van der Waals surface area contributed by atoms with E-state index >= 15 is 0 Å². The monoisotopic (exact) mass is 239 g/mol. The Balaban J connectivity index is 3.02. The number of primary amides is 1. The normalized spacial score (nSPS) is 11.6. The molecule has 1 aromatic carbocycles. The SMILES string of the molecule is COc1cc(O[C@H](C)C(=O)O)cc(C(N)=O)c1. The summed E-state index contributed by atoms with van der Waals surface area (Å²) in [6.45, 7) is 1.38. The first kappa shape index (κ1) is 12.8. The van der Waals surface area contributed by atoms with E-state index in [0.29, 0.717) is 5.75 Å². The number of hydrogen-bond acceptors (Lipinski definition) is 4. The van der Waals surface area contributed by atoms with Crippen LogP contribution >= 0.6 is 0 Å². The van der Waals surface area contributed by atoms with E-state index in [9.17, 15) is 9.59 Å². The molecule has 1 aromatic rings. The molecular formula is C11H13NO5. The predicted octanol–water partition coefficient (Wildman–Crippen LogP) is 0.646. The number of hydrogen-bond donors (Lipinski definition) is 2. The van der Waals surface area contributed by atoms with Crippen molar-refractivity contribution < 1.29 is 24.2 Å². The Bertz CT molecular complexity index is 443. The molecule has 17 heavy (non-hydrogen) atoms. The summed E-state index contributed by atoms with van der Waals surface area (Å²) in [4.78, 5) is 21.7. The standard InChI is InChI=1S/C11H13NO5/c1-6(11(14)15)17-9-4-7(10(12)13)3-8(5-9)16-2/h3-6H,1-2H3,(H2,12,13)(H,14,15)/t6-/m1/s1. The lowest BCUT2D eigenvalue weighted by atomic mass is 10.2. The number of carbonyl (C=O) groups is 2. The molecule has 0 aliphatic rings. The second-order valence-corrected chi connectivity index (χ2v) is 3.36. The van der Waals surface area contributed by atoms with Crippen LogP contribution in [0.1, 0.15) is 17.3 Å². The van der Waals surface area contributed by atoms with Crippen LogP contribution in [0.2, 0.25) is 0 Å². The fraction of sp³-hybridized carbons (Fsp3) is 0.273. The molecule has 0 aromatic heterocycles. The molecule has 0 fully saturated rings. The van der Waals surface area contributed by atoms with E-state index < -0.39 is 18.0 Å². The van der Waals surface area contributed by atoms with Crippen LogP contribution in [0.4, 0.5) is 0 Å². The number of carboxylic acids is 1. The molecule has 92 valence electrons. The molecule has 1 amide bonds. The van der Waals surface area contributed by atoms with E-state index in [1.165, 1.54) is 32.2 Å². The van der Waals surface area contributed by atoms with E-state index in [2.05, 4.69) is 0 Å². The summed E-state index contributed by atoms with van der Waals surface area (Å²) >= 11 is 0. The fourth-order valence-electron chi connectivity index (χ4n) is 1.15. The highest BCUT2D eigenvalue weighted by atomic mass is 16.5. The summed E-state index contributed by atoms with van der Waals surface area (Å²) in [5, 5.41) is 8.70. The van der Waals surface area contributed by atoms with Crippen molar-refractivity contribution in [2.45, 2.75) is 13.0 Å². The van der Waals surface area contributed by atoms with Gasteiger partial charge in [0.15, 0.2) is 6.10 Å². The van der Waals surface area contributed by atoms with Gasteiger partial charge in [0, 0.05) is 11.6 Å². The summed E-state index contributed by atoms with van der Waals surface area (Å²) < 4.78 is 10.1. The average molecular weight is 239 g/mol. The highest BCUT2D eigenvalue weighted by Crippen LogP contribution is 2.23. The number of aliphatic carboxylic acids is 1. The smallest absolute Gasteiger partial charge is 0.344 e. The molecule has 1 atom stereocenters. The highest BCUT2D eigenvalue weighted by molar-refractivity contribution is 5.93.